The van der Waals surface area contributed by atoms with E-state index in [-0.39, 0.29) is 17.5 Å². The van der Waals surface area contributed by atoms with Crippen molar-refractivity contribution >= 4 is 12.0 Å². The first-order valence-corrected chi connectivity index (χ1v) is 13.2. The molecular formula is C29H46O6. The average Bonchev–Trinajstić information content (AvgIpc) is 2.87. The van der Waals surface area contributed by atoms with Gasteiger partial charge < -0.3 is 25.2 Å². The molecule has 0 heterocycles. The third-order valence-corrected chi connectivity index (χ3v) is 6.61. The van der Waals surface area contributed by atoms with Crippen molar-refractivity contribution in [3.8, 4) is 0 Å². The average molecular weight is 491 g/mol. The van der Waals surface area contributed by atoms with E-state index in [1.165, 1.54) is 12.5 Å². The molecule has 1 aromatic carbocycles. The molecule has 1 rings (SSSR count). The van der Waals surface area contributed by atoms with Gasteiger partial charge >= 0.3 is 5.97 Å². The molecule has 0 aliphatic rings. The number of rotatable bonds is 18. The summed E-state index contributed by atoms with van der Waals surface area (Å²) >= 11 is 0. The van der Waals surface area contributed by atoms with E-state index in [2.05, 4.69) is 20.8 Å². The van der Waals surface area contributed by atoms with Gasteiger partial charge in [0.15, 0.2) is 0 Å². The zero-order valence-electron chi connectivity index (χ0n) is 21.8. The van der Waals surface area contributed by atoms with Gasteiger partial charge in [-0.2, -0.15) is 0 Å². The van der Waals surface area contributed by atoms with Gasteiger partial charge in [0.25, 0.3) is 0 Å². The van der Waals surface area contributed by atoms with Crippen molar-refractivity contribution in [2.24, 2.45) is 11.3 Å². The summed E-state index contributed by atoms with van der Waals surface area (Å²) in [7, 11) is 0. The van der Waals surface area contributed by atoms with Crippen LogP contribution in [0.4, 0.5) is 0 Å². The van der Waals surface area contributed by atoms with Gasteiger partial charge in [-0.3, -0.25) is 0 Å². The Hall–Kier alpha value is -2.31. The lowest BCUT2D eigenvalue weighted by Crippen LogP contribution is -2.34. The van der Waals surface area contributed by atoms with Crippen LogP contribution < -0.4 is 0 Å². The molecule has 0 aromatic heterocycles. The van der Waals surface area contributed by atoms with Crippen LogP contribution in [0.5, 0.6) is 0 Å². The molecule has 1 aromatic rings. The third kappa shape index (κ3) is 10.1. The molecular weight excluding hydrogens is 444 g/mol. The van der Waals surface area contributed by atoms with Crippen LogP contribution in [-0.4, -0.2) is 46.2 Å². The van der Waals surface area contributed by atoms with Crippen molar-refractivity contribution in [2.45, 2.75) is 85.0 Å². The standard InChI is InChI=1S/C29H46O6/c1-4-7-9-10-11-12-14-26(32)29(21-30,22-31)27(33)19-24-15-17-25(18-16-24)28(34)35-20-23(6-3)13-8-5-2/h14-19,23,30-33H,4-13,20-22H2,1-3H3. The second-order valence-electron chi connectivity index (χ2n) is 9.36. The highest BCUT2D eigenvalue weighted by atomic mass is 16.5. The van der Waals surface area contributed by atoms with Gasteiger partial charge in [-0.1, -0.05) is 77.8 Å². The molecule has 0 bridgehead atoms. The van der Waals surface area contributed by atoms with E-state index in [1.807, 2.05) is 0 Å². The number of hydrogen-bond acceptors (Lipinski definition) is 6. The minimum absolute atomic E-state index is 0.250. The fraction of sp³-hybridized carbons (Fsp3) is 0.621. The van der Waals surface area contributed by atoms with E-state index in [4.69, 9.17) is 4.74 Å². The monoisotopic (exact) mass is 490 g/mol. The van der Waals surface area contributed by atoms with Crippen LogP contribution in [0.15, 0.2) is 41.9 Å². The predicted octanol–water partition coefficient (Wildman–Crippen LogP) is 6.73. The van der Waals surface area contributed by atoms with Gasteiger partial charge in [0, 0.05) is 0 Å². The fourth-order valence-electron chi connectivity index (χ4n) is 3.87. The molecule has 1 atom stereocenters. The summed E-state index contributed by atoms with van der Waals surface area (Å²) < 4.78 is 5.48. The number of ether oxygens (including phenoxy) is 1. The first-order valence-electron chi connectivity index (χ1n) is 13.2. The molecule has 6 nitrogen and oxygen atoms in total. The molecule has 0 amide bonds. The predicted molar refractivity (Wildman–Crippen MR) is 141 cm³/mol. The summed E-state index contributed by atoms with van der Waals surface area (Å²) in [5.74, 6) is -0.626. The highest BCUT2D eigenvalue weighted by Gasteiger charge is 2.38. The Morgan fingerprint density at radius 1 is 0.914 bits per heavy atom. The summed E-state index contributed by atoms with van der Waals surface area (Å²) in [5.41, 5.74) is -0.699. The Bertz CT molecular complexity index is 777. The number of esters is 1. The Morgan fingerprint density at radius 2 is 1.54 bits per heavy atom. The van der Waals surface area contributed by atoms with Crippen molar-refractivity contribution in [1.82, 2.24) is 0 Å². The van der Waals surface area contributed by atoms with E-state index in [9.17, 15) is 25.2 Å². The summed E-state index contributed by atoms with van der Waals surface area (Å²) in [6.45, 7) is 5.49. The van der Waals surface area contributed by atoms with E-state index in [0.29, 0.717) is 30.1 Å². The SMILES string of the molecule is CCCCCCCC=C(O)C(CO)(CO)C(O)=Cc1ccc(C(=O)OCC(CC)CCCC)cc1. The van der Waals surface area contributed by atoms with Gasteiger partial charge in [-0.15, -0.1) is 0 Å². The zero-order chi connectivity index (χ0) is 26.1. The summed E-state index contributed by atoms with van der Waals surface area (Å²) in [6.07, 6.45) is 13.2. The molecule has 0 spiro atoms. The number of carbonyl (C=O) groups excluding carboxylic acids is 1. The maximum absolute atomic E-state index is 12.4. The molecule has 0 aliphatic heterocycles. The molecule has 0 radical (unpaired) electrons. The first kappa shape index (κ1) is 30.7. The van der Waals surface area contributed by atoms with Crippen LogP contribution in [0.2, 0.25) is 0 Å². The van der Waals surface area contributed by atoms with Gasteiger partial charge in [0.2, 0.25) is 0 Å². The van der Waals surface area contributed by atoms with Crippen molar-refractivity contribution in [3.63, 3.8) is 0 Å². The molecule has 0 saturated carbocycles. The quantitative estimate of drug-likeness (QED) is 0.103. The number of carbonyl (C=O) groups is 1. The molecule has 0 saturated heterocycles. The Kier molecular flexibility index (Phi) is 15.1. The topological polar surface area (TPSA) is 107 Å². The molecule has 4 N–H and O–H groups in total. The molecule has 198 valence electrons. The Labute approximate surface area is 211 Å². The minimum Gasteiger partial charge on any atom is -0.511 e. The lowest BCUT2D eigenvalue weighted by atomic mass is 9.83. The van der Waals surface area contributed by atoms with Crippen LogP contribution in [0, 0.1) is 11.3 Å². The summed E-state index contributed by atoms with van der Waals surface area (Å²) in [6, 6.07) is 6.52. The number of benzene rings is 1. The maximum Gasteiger partial charge on any atom is 0.338 e. The van der Waals surface area contributed by atoms with Crippen LogP contribution >= 0.6 is 0 Å². The lowest BCUT2D eigenvalue weighted by Gasteiger charge is -2.28. The van der Waals surface area contributed by atoms with Crippen LogP contribution in [0.3, 0.4) is 0 Å². The minimum atomic E-state index is -1.67. The number of aliphatic hydroxyl groups excluding tert-OH is 4. The summed E-state index contributed by atoms with van der Waals surface area (Å²) in [5, 5.41) is 41.2. The fourth-order valence-corrected chi connectivity index (χ4v) is 3.87. The molecule has 0 aliphatic carbocycles. The van der Waals surface area contributed by atoms with Crippen LogP contribution in [0.1, 0.15) is 101 Å². The van der Waals surface area contributed by atoms with E-state index in [0.717, 1.165) is 51.4 Å². The van der Waals surface area contributed by atoms with E-state index in [1.54, 1.807) is 30.3 Å². The largest absolute Gasteiger partial charge is 0.511 e. The van der Waals surface area contributed by atoms with Gasteiger partial charge in [-0.05, 0) is 55.0 Å². The number of allylic oxidation sites excluding steroid dienone is 1. The Balaban J connectivity index is 2.85. The van der Waals surface area contributed by atoms with Crippen molar-refractivity contribution < 1.29 is 30.0 Å². The van der Waals surface area contributed by atoms with Gasteiger partial charge in [0.05, 0.1) is 25.4 Å². The highest BCUT2D eigenvalue weighted by molar-refractivity contribution is 5.89. The van der Waals surface area contributed by atoms with E-state index < -0.39 is 18.6 Å². The smallest absolute Gasteiger partial charge is 0.338 e. The maximum atomic E-state index is 12.4. The number of unbranched alkanes of at least 4 members (excludes halogenated alkanes) is 6. The third-order valence-electron chi connectivity index (χ3n) is 6.61. The molecule has 0 fully saturated rings. The second-order valence-corrected chi connectivity index (χ2v) is 9.36. The lowest BCUT2D eigenvalue weighted by molar-refractivity contribution is 0.0427. The van der Waals surface area contributed by atoms with Gasteiger partial charge in [0.1, 0.15) is 16.9 Å². The molecule has 6 heteroatoms. The first-order chi connectivity index (χ1) is 16.9. The van der Waals surface area contributed by atoms with Crippen LogP contribution in [0.25, 0.3) is 6.08 Å². The number of aliphatic hydroxyl groups is 4. The second kappa shape index (κ2) is 17.2. The zero-order valence-corrected chi connectivity index (χ0v) is 21.8. The van der Waals surface area contributed by atoms with E-state index >= 15 is 0 Å². The normalized spacial score (nSPS) is 13.6. The molecule has 1 unspecified atom stereocenters. The van der Waals surface area contributed by atoms with Gasteiger partial charge in [-0.25, -0.2) is 4.79 Å². The summed E-state index contributed by atoms with van der Waals surface area (Å²) in [4.78, 5) is 12.4. The van der Waals surface area contributed by atoms with Crippen LogP contribution in [-0.2, 0) is 4.74 Å². The van der Waals surface area contributed by atoms with Crippen molar-refractivity contribution in [2.75, 3.05) is 19.8 Å². The highest BCUT2D eigenvalue weighted by Crippen LogP contribution is 2.34. The van der Waals surface area contributed by atoms with Crippen molar-refractivity contribution in [1.29, 1.82) is 0 Å². The van der Waals surface area contributed by atoms with Crippen molar-refractivity contribution in [3.05, 3.63) is 53.0 Å². The molecule has 35 heavy (non-hydrogen) atoms. The Morgan fingerprint density at radius 3 is 2.11 bits per heavy atom. The number of hydrogen-bond donors (Lipinski definition) is 4.